The summed E-state index contributed by atoms with van der Waals surface area (Å²) in [6.07, 6.45) is 5.83. The minimum absolute atomic E-state index is 0.622. The third-order valence-corrected chi connectivity index (χ3v) is 2.60. The maximum absolute atomic E-state index is 8.51. The zero-order valence-electron chi connectivity index (χ0n) is 7.84. The number of nitriles is 1. The van der Waals surface area contributed by atoms with E-state index in [1.165, 1.54) is 25.7 Å². The number of nitrogens with one attached hydrogen (secondary N) is 1. The molecule has 1 aliphatic heterocycles. The molecule has 1 rings (SSSR count). The minimum atomic E-state index is 0.622. The maximum Gasteiger partial charge on any atom is 0.0625 e. The second-order valence-corrected chi connectivity index (χ2v) is 3.71. The molecule has 0 bridgehead atoms. The molecule has 2 atom stereocenters. The molecule has 2 nitrogen and oxygen atoms in total. The van der Waals surface area contributed by atoms with E-state index in [0.29, 0.717) is 12.0 Å². The monoisotopic (exact) mass is 166 g/mol. The SMILES string of the molecule is CCCCC1CC(CC#N)CN1. The zero-order chi connectivity index (χ0) is 8.81. The van der Waals surface area contributed by atoms with Crippen molar-refractivity contribution in [3.8, 4) is 6.07 Å². The Hall–Kier alpha value is -0.550. The fourth-order valence-electron chi connectivity index (χ4n) is 1.86. The Bertz CT molecular complexity index is 160. The fourth-order valence-corrected chi connectivity index (χ4v) is 1.86. The first kappa shape index (κ1) is 9.54. The Balaban J connectivity index is 2.13. The summed E-state index contributed by atoms with van der Waals surface area (Å²) in [5.41, 5.74) is 0. The summed E-state index contributed by atoms with van der Waals surface area (Å²) >= 11 is 0. The molecule has 2 heteroatoms. The van der Waals surface area contributed by atoms with E-state index in [9.17, 15) is 0 Å². The Morgan fingerprint density at radius 3 is 3.08 bits per heavy atom. The molecular formula is C10H18N2. The van der Waals surface area contributed by atoms with Crippen molar-refractivity contribution < 1.29 is 0 Å². The first-order valence-electron chi connectivity index (χ1n) is 4.97. The molecule has 0 radical (unpaired) electrons. The van der Waals surface area contributed by atoms with Crippen LogP contribution in [0, 0.1) is 17.2 Å². The van der Waals surface area contributed by atoms with Gasteiger partial charge in [-0.3, -0.25) is 0 Å². The van der Waals surface area contributed by atoms with E-state index in [1.54, 1.807) is 0 Å². The summed E-state index contributed by atoms with van der Waals surface area (Å²) in [5, 5.41) is 12.0. The van der Waals surface area contributed by atoms with E-state index in [0.717, 1.165) is 13.0 Å². The number of rotatable bonds is 4. The lowest BCUT2D eigenvalue weighted by molar-refractivity contribution is 0.512. The normalized spacial score (nSPS) is 28.7. The van der Waals surface area contributed by atoms with Crippen LogP contribution in [0.2, 0.25) is 0 Å². The summed E-state index contributed by atoms with van der Waals surface area (Å²) in [6, 6.07) is 2.94. The van der Waals surface area contributed by atoms with Crippen molar-refractivity contribution in [1.82, 2.24) is 5.32 Å². The summed E-state index contributed by atoms with van der Waals surface area (Å²) < 4.78 is 0. The smallest absolute Gasteiger partial charge is 0.0625 e. The molecule has 0 aromatic carbocycles. The van der Waals surface area contributed by atoms with Gasteiger partial charge in [-0.05, 0) is 25.3 Å². The third-order valence-electron chi connectivity index (χ3n) is 2.60. The standard InChI is InChI=1S/C10H18N2/c1-2-3-4-10-7-9(5-6-11)8-12-10/h9-10,12H,2-5,7-8H2,1H3. The van der Waals surface area contributed by atoms with Crippen LogP contribution in [-0.4, -0.2) is 12.6 Å². The van der Waals surface area contributed by atoms with Crippen LogP contribution in [0.15, 0.2) is 0 Å². The molecule has 0 saturated carbocycles. The number of unbranched alkanes of at least 4 members (excludes halogenated alkanes) is 1. The molecule has 1 N–H and O–H groups in total. The molecular weight excluding hydrogens is 148 g/mol. The Labute approximate surface area is 75.0 Å². The average Bonchev–Trinajstić information content (AvgIpc) is 2.50. The minimum Gasteiger partial charge on any atom is -0.314 e. The van der Waals surface area contributed by atoms with Gasteiger partial charge in [-0.25, -0.2) is 0 Å². The van der Waals surface area contributed by atoms with Crippen LogP contribution >= 0.6 is 0 Å². The van der Waals surface area contributed by atoms with Crippen molar-refractivity contribution in [3.05, 3.63) is 0 Å². The van der Waals surface area contributed by atoms with Gasteiger partial charge in [-0.1, -0.05) is 19.8 Å². The van der Waals surface area contributed by atoms with Crippen LogP contribution in [0.3, 0.4) is 0 Å². The number of hydrogen-bond donors (Lipinski definition) is 1. The van der Waals surface area contributed by atoms with Crippen LogP contribution in [0.5, 0.6) is 0 Å². The Kier molecular flexibility index (Phi) is 4.10. The molecule has 1 aliphatic rings. The fraction of sp³-hybridized carbons (Fsp3) is 0.900. The molecule has 0 aromatic heterocycles. The highest BCUT2D eigenvalue weighted by Gasteiger charge is 2.22. The first-order valence-corrected chi connectivity index (χ1v) is 4.97. The Morgan fingerprint density at radius 1 is 1.58 bits per heavy atom. The van der Waals surface area contributed by atoms with E-state index in [-0.39, 0.29) is 0 Å². The molecule has 12 heavy (non-hydrogen) atoms. The zero-order valence-corrected chi connectivity index (χ0v) is 7.84. The van der Waals surface area contributed by atoms with Gasteiger partial charge in [0.05, 0.1) is 6.07 Å². The molecule has 1 saturated heterocycles. The van der Waals surface area contributed by atoms with Gasteiger partial charge in [0.15, 0.2) is 0 Å². The van der Waals surface area contributed by atoms with Crippen molar-refractivity contribution in [3.63, 3.8) is 0 Å². The van der Waals surface area contributed by atoms with Crippen molar-refractivity contribution in [2.24, 2.45) is 5.92 Å². The quantitative estimate of drug-likeness (QED) is 0.694. The summed E-state index contributed by atoms with van der Waals surface area (Å²) in [7, 11) is 0. The molecule has 0 aliphatic carbocycles. The topological polar surface area (TPSA) is 35.8 Å². The molecule has 0 spiro atoms. The van der Waals surface area contributed by atoms with E-state index in [2.05, 4.69) is 18.3 Å². The van der Waals surface area contributed by atoms with Crippen molar-refractivity contribution >= 4 is 0 Å². The van der Waals surface area contributed by atoms with Crippen LogP contribution < -0.4 is 5.32 Å². The lowest BCUT2D eigenvalue weighted by Crippen LogP contribution is -2.20. The van der Waals surface area contributed by atoms with Crippen molar-refractivity contribution in [1.29, 1.82) is 5.26 Å². The molecule has 0 amide bonds. The van der Waals surface area contributed by atoms with Gasteiger partial charge in [0.1, 0.15) is 0 Å². The van der Waals surface area contributed by atoms with E-state index in [4.69, 9.17) is 5.26 Å². The van der Waals surface area contributed by atoms with E-state index < -0.39 is 0 Å². The average molecular weight is 166 g/mol. The lowest BCUT2D eigenvalue weighted by Gasteiger charge is -2.07. The number of hydrogen-bond acceptors (Lipinski definition) is 2. The van der Waals surface area contributed by atoms with Crippen LogP contribution in [0.1, 0.15) is 39.0 Å². The number of nitrogens with zero attached hydrogens (tertiary/aromatic N) is 1. The second-order valence-electron chi connectivity index (χ2n) is 3.71. The largest absolute Gasteiger partial charge is 0.314 e. The lowest BCUT2D eigenvalue weighted by atomic mass is 10.00. The summed E-state index contributed by atoms with van der Waals surface area (Å²) in [6.45, 7) is 3.28. The molecule has 2 unspecified atom stereocenters. The molecule has 68 valence electrons. The highest BCUT2D eigenvalue weighted by molar-refractivity contribution is 4.86. The third kappa shape index (κ3) is 2.83. The predicted octanol–water partition coefficient (Wildman–Crippen LogP) is 2.07. The van der Waals surface area contributed by atoms with Crippen molar-refractivity contribution in [2.75, 3.05) is 6.54 Å². The first-order chi connectivity index (χ1) is 5.86. The summed E-state index contributed by atoms with van der Waals surface area (Å²) in [4.78, 5) is 0. The van der Waals surface area contributed by atoms with Gasteiger partial charge < -0.3 is 5.32 Å². The molecule has 1 fully saturated rings. The van der Waals surface area contributed by atoms with Gasteiger partial charge in [0, 0.05) is 12.5 Å². The summed E-state index contributed by atoms with van der Waals surface area (Å²) in [5.74, 6) is 0.622. The molecule has 0 aromatic rings. The van der Waals surface area contributed by atoms with Gasteiger partial charge in [-0.15, -0.1) is 0 Å². The maximum atomic E-state index is 8.51. The van der Waals surface area contributed by atoms with Gasteiger partial charge in [-0.2, -0.15) is 5.26 Å². The van der Waals surface area contributed by atoms with E-state index in [1.807, 2.05) is 0 Å². The highest BCUT2D eigenvalue weighted by atomic mass is 14.9. The second kappa shape index (κ2) is 5.16. The highest BCUT2D eigenvalue weighted by Crippen LogP contribution is 2.20. The van der Waals surface area contributed by atoms with Crippen LogP contribution in [0.25, 0.3) is 0 Å². The van der Waals surface area contributed by atoms with Crippen LogP contribution in [0.4, 0.5) is 0 Å². The predicted molar refractivity (Wildman–Crippen MR) is 49.7 cm³/mol. The molecule has 1 heterocycles. The van der Waals surface area contributed by atoms with Gasteiger partial charge >= 0.3 is 0 Å². The van der Waals surface area contributed by atoms with E-state index >= 15 is 0 Å². The van der Waals surface area contributed by atoms with Crippen molar-refractivity contribution in [2.45, 2.75) is 45.1 Å². The van der Waals surface area contributed by atoms with Gasteiger partial charge in [0.25, 0.3) is 0 Å². The van der Waals surface area contributed by atoms with Gasteiger partial charge in [0.2, 0.25) is 0 Å². The Morgan fingerprint density at radius 2 is 2.42 bits per heavy atom. The van der Waals surface area contributed by atoms with Crippen LogP contribution in [-0.2, 0) is 0 Å².